The van der Waals surface area contributed by atoms with Crippen LogP contribution in [-0.2, 0) is 9.53 Å². The lowest BCUT2D eigenvalue weighted by Crippen LogP contribution is -2.32. The van der Waals surface area contributed by atoms with Crippen LogP contribution < -0.4 is 0 Å². The zero-order valence-electron chi connectivity index (χ0n) is 19.5. The Kier molecular flexibility index (Phi) is 9.86. The molecule has 3 aliphatic rings. The molecule has 0 aromatic rings. The highest BCUT2D eigenvalue weighted by Crippen LogP contribution is 2.37. The van der Waals surface area contributed by atoms with Gasteiger partial charge in [-0.3, -0.25) is 4.79 Å². The van der Waals surface area contributed by atoms with E-state index in [1.807, 2.05) is 0 Å². The number of hydrogen-bond acceptors (Lipinski definition) is 2. The first-order valence-electron chi connectivity index (χ1n) is 13.3. The molecule has 2 nitrogen and oxygen atoms in total. The quantitative estimate of drug-likeness (QED) is 0.272. The molecule has 2 unspecified atom stereocenters. The molecule has 1 heterocycles. The molecular weight excluding hydrogens is 356 g/mol. The first kappa shape index (κ1) is 23.1. The second-order valence-corrected chi connectivity index (χ2v) is 11.0. The average Bonchev–Trinajstić information content (AvgIpc) is 2.74. The minimum absolute atomic E-state index is 0.130. The minimum atomic E-state index is 0.130. The van der Waals surface area contributed by atoms with Gasteiger partial charge in [-0.05, 0) is 62.2 Å². The van der Waals surface area contributed by atoms with Crippen LogP contribution in [0.5, 0.6) is 0 Å². The molecule has 0 aromatic heterocycles. The second kappa shape index (κ2) is 12.4. The number of unbranched alkanes of at least 4 members (excludes halogenated alkanes) is 2. The van der Waals surface area contributed by atoms with Crippen LogP contribution in [0.2, 0.25) is 0 Å². The summed E-state index contributed by atoms with van der Waals surface area (Å²) >= 11 is 0. The van der Waals surface area contributed by atoms with Gasteiger partial charge < -0.3 is 4.74 Å². The lowest BCUT2D eigenvalue weighted by Gasteiger charge is -2.32. The highest BCUT2D eigenvalue weighted by atomic mass is 16.5. The Morgan fingerprint density at radius 3 is 1.90 bits per heavy atom. The van der Waals surface area contributed by atoms with Crippen molar-refractivity contribution in [2.75, 3.05) is 0 Å². The Bertz CT molecular complexity index is 457. The third-order valence-corrected chi connectivity index (χ3v) is 8.59. The van der Waals surface area contributed by atoms with Crippen molar-refractivity contribution in [3.63, 3.8) is 0 Å². The molecule has 29 heavy (non-hydrogen) atoms. The van der Waals surface area contributed by atoms with Gasteiger partial charge in [0.25, 0.3) is 0 Å². The van der Waals surface area contributed by atoms with E-state index in [0.29, 0.717) is 0 Å². The first-order valence-corrected chi connectivity index (χ1v) is 13.3. The standard InChI is InChI=1S/C27H48O2/c1-3-4-5-6-22-11-13-24(14-12-22)16-19-26-20-18-25(27(28)29-26)17-15-23-9-7-21(2)8-10-23/h21-26H,3-20H2,1-2H3. The lowest BCUT2D eigenvalue weighted by atomic mass is 9.77. The van der Waals surface area contributed by atoms with Crippen LogP contribution in [0, 0.1) is 29.6 Å². The van der Waals surface area contributed by atoms with Gasteiger partial charge in [0.1, 0.15) is 6.10 Å². The molecule has 168 valence electrons. The van der Waals surface area contributed by atoms with E-state index >= 15 is 0 Å². The van der Waals surface area contributed by atoms with Gasteiger partial charge in [-0.25, -0.2) is 0 Å². The normalized spacial score (nSPS) is 36.0. The number of esters is 1. The molecule has 0 spiro atoms. The van der Waals surface area contributed by atoms with E-state index in [4.69, 9.17) is 4.74 Å². The van der Waals surface area contributed by atoms with Crippen molar-refractivity contribution in [2.45, 2.75) is 136 Å². The van der Waals surface area contributed by atoms with Crippen LogP contribution >= 0.6 is 0 Å². The Morgan fingerprint density at radius 1 is 0.690 bits per heavy atom. The van der Waals surface area contributed by atoms with E-state index in [1.54, 1.807) is 0 Å². The Balaban J connectivity index is 1.26. The summed E-state index contributed by atoms with van der Waals surface area (Å²) in [4.78, 5) is 12.5. The first-order chi connectivity index (χ1) is 14.1. The fraction of sp³-hybridized carbons (Fsp3) is 0.963. The monoisotopic (exact) mass is 404 g/mol. The number of cyclic esters (lactones) is 1. The van der Waals surface area contributed by atoms with Gasteiger partial charge in [-0.1, -0.05) is 90.9 Å². The molecule has 1 aliphatic heterocycles. The molecule has 2 aliphatic carbocycles. The number of rotatable bonds is 10. The van der Waals surface area contributed by atoms with E-state index in [-0.39, 0.29) is 18.0 Å². The van der Waals surface area contributed by atoms with Gasteiger partial charge in [-0.2, -0.15) is 0 Å². The van der Waals surface area contributed by atoms with Crippen molar-refractivity contribution in [1.29, 1.82) is 0 Å². The summed E-state index contributed by atoms with van der Waals surface area (Å²) in [6.07, 6.45) is 24.1. The molecule has 0 N–H and O–H groups in total. The lowest BCUT2D eigenvalue weighted by molar-refractivity contribution is -0.161. The summed E-state index contributed by atoms with van der Waals surface area (Å²) in [7, 11) is 0. The predicted molar refractivity (Wildman–Crippen MR) is 122 cm³/mol. The number of ether oxygens (including phenoxy) is 1. The molecule has 0 aromatic carbocycles. The van der Waals surface area contributed by atoms with Crippen LogP contribution in [0.4, 0.5) is 0 Å². The number of hydrogen-bond donors (Lipinski definition) is 0. The highest BCUT2D eigenvalue weighted by Gasteiger charge is 2.31. The summed E-state index contributed by atoms with van der Waals surface area (Å²) in [6.45, 7) is 4.68. The van der Waals surface area contributed by atoms with Crippen molar-refractivity contribution < 1.29 is 9.53 Å². The topological polar surface area (TPSA) is 26.3 Å². The number of carbonyl (C=O) groups excluding carboxylic acids is 1. The molecule has 2 saturated carbocycles. The van der Waals surface area contributed by atoms with Gasteiger partial charge in [0, 0.05) is 0 Å². The fourth-order valence-electron chi connectivity index (χ4n) is 6.26. The summed E-state index contributed by atoms with van der Waals surface area (Å²) < 4.78 is 5.89. The van der Waals surface area contributed by atoms with E-state index in [1.165, 1.54) is 89.9 Å². The highest BCUT2D eigenvalue weighted by molar-refractivity contribution is 5.73. The van der Waals surface area contributed by atoms with Crippen molar-refractivity contribution in [3.05, 3.63) is 0 Å². The summed E-state index contributed by atoms with van der Waals surface area (Å²) in [5, 5.41) is 0. The van der Waals surface area contributed by atoms with Crippen molar-refractivity contribution in [2.24, 2.45) is 29.6 Å². The molecule has 0 amide bonds. The van der Waals surface area contributed by atoms with Crippen LogP contribution in [0.25, 0.3) is 0 Å². The fourth-order valence-corrected chi connectivity index (χ4v) is 6.26. The summed E-state index contributed by atoms with van der Waals surface area (Å²) in [5.41, 5.74) is 0. The Morgan fingerprint density at radius 2 is 1.28 bits per heavy atom. The zero-order valence-corrected chi connectivity index (χ0v) is 19.5. The second-order valence-electron chi connectivity index (χ2n) is 11.0. The van der Waals surface area contributed by atoms with Gasteiger partial charge in [0.2, 0.25) is 0 Å². The van der Waals surface area contributed by atoms with Crippen LogP contribution in [0.15, 0.2) is 0 Å². The molecule has 3 fully saturated rings. The zero-order chi connectivity index (χ0) is 20.5. The largest absolute Gasteiger partial charge is 0.462 e. The van der Waals surface area contributed by atoms with Crippen molar-refractivity contribution in [3.8, 4) is 0 Å². The maximum absolute atomic E-state index is 12.5. The minimum Gasteiger partial charge on any atom is -0.462 e. The van der Waals surface area contributed by atoms with Gasteiger partial charge >= 0.3 is 5.97 Å². The van der Waals surface area contributed by atoms with Crippen LogP contribution in [0.3, 0.4) is 0 Å². The van der Waals surface area contributed by atoms with Gasteiger partial charge in [-0.15, -0.1) is 0 Å². The molecular formula is C27H48O2. The van der Waals surface area contributed by atoms with Crippen molar-refractivity contribution >= 4 is 5.97 Å². The van der Waals surface area contributed by atoms with E-state index in [2.05, 4.69) is 13.8 Å². The van der Waals surface area contributed by atoms with E-state index in [0.717, 1.165) is 49.4 Å². The SMILES string of the molecule is CCCCCC1CCC(CCC2CCC(CCC3CCC(C)CC3)C(=O)O2)CC1. The maximum Gasteiger partial charge on any atom is 0.309 e. The average molecular weight is 405 g/mol. The van der Waals surface area contributed by atoms with Crippen LogP contribution in [0.1, 0.15) is 129 Å². The smallest absolute Gasteiger partial charge is 0.309 e. The Hall–Kier alpha value is -0.530. The third kappa shape index (κ3) is 7.91. The molecule has 0 radical (unpaired) electrons. The van der Waals surface area contributed by atoms with Gasteiger partial charge in [0.05, 0.1) is 5.92 Å². The van der Waals surface area contributed by atoms with Crippen LogP contribution in [-0.4, -0.2) is 12.1 Å². The number of carbonyl (C=O) groups is 1. The third-order valence-electron chi connectivity index (χ3n) is 8.59. The molecule has 0 bridgehead atoms. The molecule has 2 heteroatoms. The Labute approximate surface area is 180 Å². The molecule has 2 atom stereocenters. The molecule has 1 saturated heterocycles. The summed E-state index contributed by atoms with van der Waals surface area (Å²) in [5.74, 6) is 4.01. The van der Waals surface area contributed by atoms with Crippen molar-refractivity contribution in [1.82, 2.24) is 0 Å². The predicted octanol–water partition coefficient (Wildman–Crippen LogP) is 8.08. The van der Waals surface area contributed by atoms with E-state index < -0.39 is 0 Å². The summed E-state index contributed by atoms with van der Waals surface area (Å²) in [6, 6.07) is 0. The van der Waals surface area contributed by atoms with E-state index in [9.17, 15) is 4.79 Å². The molecule has 3 rings (SSSR count). The van der Waals surface area contributed by atoms with Gasteiger partial charge in [0.15, 0.2) is 0 Å². The maximum atomic E-state index is 12.5.